The lowest BCUT2D eigenvalue weighted by Gasteiger charge is -2.11. The molecule has 2 rings (SSSR count). The zero-order valence-electron chi connectivity index (χ0n) is 13.2. The average Bonchev–Trinajstić information content (AvgIpc) is 2.61. The number of ketones is 1. The number of carbonyl (C=O) groups excluding carboxylic acids is 1. The summed E-state index contributed by atoms with van der Waals surface area (Å²) in [6, 6.07) is 16.9. The van der Waals surface area contributed by atoms with Crippen molar-refractivity contribution < 1.29 is 26.7 Å². The van der Waals surface area contributed by atoms with Gasteiger partial charge in [-0.15, -0.1) is 0 Å². The van der Waals surface area contributed by atoms with E-state index in [4.69, 9.17) is 0 Å². The Morgan fingerprint density at radius 1 is 0.923 bits per heavy atom. The van der Waals surface area contributed by atoms with E-state index in [9.17, 15) is 26.7 Å². The van der Waals surface area contributed by atoms with Gasteiger partial charge in [-0.05, 0) is 0 Å². The molecular weight excluding hydrogens is 355 g/mol. The molecule has 26 heavy (non-hydrogen) atoms. The molecule has 0 heterocycles. The van der Waals surface area contributed by atoms with Crippen LogP contribution in [0.2, 0.25) is 0 Å². The zero-order chi connectivity index (χ0) is 19.2. The number of benzene rings is 2. The Morgan fingerprint density at radius 2 is 1.38 bits per heavy atom. The van der Waals surface area contributed by atoms with Gasteiger partial charge in [0, 0.05) is 17.2 Å². The van der Waals surface area contributed by atoms with E-state index in [1.54, 1.807) is 60.7 Å². The van der Waals surface area contributed by atoms with Crippen LogP contribution >= 0.6 is 0 Å². The van der Waals surface area contributed by atoms with Crippen LogP contribution in [-0.2, 0) is 4.79 Å². The summed E-state index contributed by atoms with van der Waals surface area (Å²) in [6.45, 7) is 0. The summed E-state index contributed by atoms with van der Waals surface area (Å²) in [4.78, 5) is 10.9. The molecule has 1 N–H and O–H groups in total. The van der Waals surface area contributed by atoms with Crippen molar-refractivity contribution in [1.29, 1.82) is 0 Å². The number of nitrogens with zero attached hydrogens (tertiary/aromatic N) is 1. The van der Waals surface area contributed by atoms with Gasteiger partial charge in [-0.3, -0.25) is 10.2 Å². The van der Waals surface area contributed by atoms with Crippen molar-refractivity contribution >= 4 is 11.5 Å². The Bertz CT molecular complexity index is 758. The minimum Gasteiger partial charge on any atom is -0.285 e. The Balaban J connectivity index is 2.40. The van der Waals surface area contributed by atoms with Gasteiger partial charge < -0.3 is 0 Å². The second-order valence-electron chi connectivity index (χ2n) is 5.07. The lowest BCUT2D eigenvalue weighted by atomic mass is 10.0. The first kappa shape index (κ1) is 19.3. The fraction of sp³-hybridized carbons (Fsp3) is 0.111. The van der Waals surface area contributed by atoms with E-state index in [2.05, 4.69) is 5.10 Å². The first-order valence-corrected chi connectivity index (χ1v) is 7.34. The molecule has 0 saturated heterocycles. The lowest BCUT2D eigenvalue weighted by molar-refractivity contribution is -0.165. The first-order chi connectivity index (χ1) is 12.3. The van der Waals surface area contributed by atoms with Gasteiger partial charge in [-0.2, -0.15) is 18.3 Å². The van der Waals surface area contributed by atoms with Gasteiger partial charge in [-0.25, -0.2) is 8.78 Å². The molecule has 0 radical (unpaired) electrons. The van der Waals surface area contributed by atoms with Crippen LogP contribution in [0.1, 0.15) is 11.1 Å². The second-order valence-corrected chi connectivity index (χ2v) is 5.07. The molecule has 0 atom stereocenters. The molecule has 0 aromatic heterocycles. The third kappa shape index (κ3) is 5.23. The number of allylic oxidation sites excluding steroid dienone is 2. The van der Waals surface area contributed by atoms with Crippen molar-refractivity contribution in [2.24, 2.45) is 5.10 Å². The number of hydrogen-bond donors (Lipinski definition) is 1. The van der Waals surface area contributed by atoms with E-state index in [0.717, 1.165) is 0 Å². The topological polar surface area (TPSA) is 41.5 Å². The lowest BCUT2D eigenvalue weighted by Crippen LogP contribution is -2.24. The Kier molecular flexibility index (Phi) is 6.21. The highest BCUT2D eigenvalue weighted by molar-refractivity contribution is 6.12. The van der Waals surface area contributed by atoms with Crippen molar-refractivity contribution in [1.82, 2.24) is 5.43 Å². The van der Waals surface area contributed by atoms with E-state index in [0.29, 0.717) is 11.1 Å². The third-order valence-electron chi connectivity index (χ3n) is 3.19. The van der Waals surface area contributed by atoms with E-state index in [-0.39, 0.29) is 11.8 Å². The van der Waals surface area contributed by atoms with Crippen molar-refractivity contribution in [2.75, 3.05) is 0 Å². The zero-order valence-corrected chi connectivity index (χ0v) is 13.2. The molecule has 0 aliphatic rings. The summed E-state index contributed by atoms with van der Waals surface area (Å²) in [5, 5.41) is 3.82. The van der Waals surface area contributed by atoms with E-state index >= 15 is 0 Å². The van der Waals surface area contributed by atoms with Gasteiger partial charge in [0.1, 0.15) is 5.70 Å². The van der Waals surface area contributed by atoms with Gasteiger partial charge >= 0.3 is 6.18 Å². The molecule has 0 fully saturated rings. The number of hydrazone groups is 1. The molecule has 0 spiro atoms. The first-order valence-electron chi connectivity index (χ1n) is 7.34. The van der Waals surface area contributed by atoms with Crippen LogP contribution in [0.15, 0.2) is 77.5 Å². The maximum absolute atomic E-state index is 13.0. The molecule has 0 amide bonds. The monoisotopic (exact) mass is 368 g/mol. The maximum atomic E-state index is 13.0. The molecule has 0 unspecified atom stereocenters. The van der Waals surface area contributed by atoms with Gasteiger partial charge in [0.25, 0.3) is 12.2 Å². The normalized spacial score (nSPS) is 12.0. The highest BCUT2D eigenvalue weighted by Crippen LogP contribution is 2.19. The van der Waals surface area contributed by atoms with Gasteiger partial charge in [0.05, 0.1) is 5.71 Å². The highest BCUT2D eigenvalue weighted by Gasteiger charge is 2.37. The Labute approximate surface area is 145 Å². The number of rotatable bonds is 6. The molecule has 136 valence electrons. The quantitative estimate of drug-likeness (QED) is 0.357. The van der Waals surface area contributed by atoms with Crippen molar-refractivity contribution in [3.8, 4) is 0 Å². The standard InChI is InChI=1S/C18H13F5N2O/c19-17(20)14(11-15(26)18(21,22)23)24-25-16(12-7-3-1-4-8-12)13-9-5-2-6-10-13/h1-11,17,24H. The average molecular weight is 368 g/mol. The molecule has 8 heteroatoms. The Hall–Kier alpha value is -3.03. The van der Waals surface area contributed by atoms with Crippen molar-refractivity contribution in [2.45, 2.75) is 12.6 Å². The summed E-state index contributed by atoms with van der Waals surface area (Å²) in [5.74, 6) is -2.39. The fourth-order valence-electron chi connectivity index (χ4n) is 1.98. The van der Waals surface area contributed by atoms with Gasteiger partial charge in [0.15, 0.2) is 0 Å². The van der Waals surface area contributed by atoms with Gasteiger partial charge in [-0.1, -0.05) is 60.7 Å². The fourth-order valence-corrected chi connectivity index (χ4v) is 1.98. The summed E-state index contributed by atoms with van der Waals surface area (Å²) in [5.41, 5.74) is 2.01. The molecule has 0 bridgehead atoms. The molecule has 2 aromatic rings. The number of halogens is 5. The predicted molar refractivity (Wildman–Crippen MR) is 86.8 cm³/mol. The molecule has 3 nitrogen and oxygen atoms in total. The number of alkyl halides is 5. The largest absolute Gasteiger partial charge is 0.454 e. The number of hydrogen-bond acceptors (Lipinski definition) is 3. The predicted octanol–water partition coefficient (Wildman–Crippen LogP) is 4.31. The summed E-state index contributed by atoms with van der Waals surface area (Å²) in [7, 11) is 0. The van der Waals surface area contributed by atoms with Crippen molar-refractivity contribution in [3.05, 3.63) is 83.6 Å². The van der Waals surface area contributed by atoms with Crippen LogP contribution in [0.25, 0.3) is 0 Å². The van der Waals surface area contributed by atoms with Crippen LogP contribution in [0.3, 0.4) is 0 Å². The van der Waals surface area contributed by atoms with Gasteiger partial charge in [0.2, 0.25) is 0 Å². The van der Waals surface area contributed by atoms with Crippen LogP contribution in [0.4, 0.5) is 22.0 Å². The Morgan fingerprint density at radius 3 is 1.77 bits per heavy atom. The van der Waals surface area contributed by atoms with Crippen LogP contribution in [0.5, 0.6) is 0 Å². The minimum absolute atomic E-state index is 0.193. The van der Waals surface area contributed by atoms with Crippen LogP contribution in [-0.4, -0.2) is 24.1 Å². The summed E-state index contributed by atoms with van der Waals surface area (Å²) >= 11 is 0. The minimum atomic E-state index is -5.24. The molecule has 0 saturated carbocycles. The summed E-state index contributed by atoms with van der Waals surface area (Å²) in [6.07, 6.45) is -8.77. The van der Waals surface area contributed by atoms with E-state index in [1.165, 1.54) is 0 Å². The van der Waals surface area contributed by atoms with E-state index in [1.807, 2.05) is 5.43 Å². The maximum Gasteiger partial charge on any atom is 0.454 e. The third-order valence-corrected chi connectivity index (χ3v) is 3.19. The summed E-state index contributed by atoms with van der Waals surface area (Å²) < 4.78 is 62.9. The smallest absolute Gasteiger partial charge is 0.285 e. The molecule has 2 aromatic carbocycles. The van der Waals surface area contributed by atoms with E-state index < -0.39 is 24.1 Å². The van der Waals surface area contributed by atoms with Crippen molar-refractivity contribution in [3.63, 3.8) is 0 Å². The highest BCUT2D eigenvalue weighted by atomic mass is 19.4. The van der Waals surface area contributed by atoms with Crippen LogP contribution < -0.4 is 5.43 Å². The second kappa shape index (κ2) is 8.37. The molecular formula is C18H13F5N2O. The van der Waals surface area contributed by atoms with Crippen LogP contribution in [0, 0.1) is 0 Å². The SMILES string of the molecule is O=C(C=C(NN=C(c1ccccc1)c1ccccc1)C(F)F)C(F)(F)F. The molecule has 0 aliphatic heterocycles. The molecule has 0 aliphatic carbocycles. The number of carbonyl (C=O) groups is 1. The number of nitrogens with one attached hydrogen (secondary N) is 1.